The lowest BCUT2D eigenvalue weighted by Crippen LogP contribution is -2.73. The molecule has 5 aliphatic carbocycles. The van der Waals surface area contributed by atoms with Crippen LogP contribution in [-0.4, -0.2) is 253 Å². The third kappa shape index (κ3) is 12.2. The third-order valence-electron chi connectivity index (χ3n) is 22.4. The predicted molar refractivity (Wildman–Crippen MR) is 303 cm³/mol. The number of ether oxygens (including phenoxy) is 11. The minimum Gasteiger partial charge on any atom is -0.479 e. The summed E-state index contributed by atoms with van der Waals surface area (Å²) in [5, 5.41) is 131. The number of fused-ring (bicyclic) bond motifs is 7. The lowest BCUT2D eigenvalue weighted by molar-refractivity contribution is -0.398. The number of carbonyl (C=O) groups excluding carboxylic acids is 4. The number of allylic oxidation sites excluding steroid dienone is 3. The van der Waals surface area contributed by atoms with E-state index in [1.54, 1.807) is 13.0 Å². The smallest absolute Gasteiger partial charge is 0.335 e. The van der Waals surface area contributed by atoms with Crippen molar-refractivity contribution in [1.82, 2.24) is 0 Å². The monoisotopic (exact) mass is 1290 g/mol. The molecule has 0 bridgehead atoms. The second-order valence-corrected chi connectivity index (χ2v) is 28.1. The highest BCUT2D eigenvalue weighted by molar-refractivity contribution is 5.82. The van der Waals surface area contributed by atoms with Gasteiger partial charge in [0, 0.05) is 25.3 Å². The number of aliphatic hydroxyl groups excluding tert-OH is 11. The van der Waals surface area contributed by atoms with Crippen molar-refractivity contribution in [3.8, 4) is 0 Å². The van der Waals surface area contributed by atoms with Crippen LogP contribution in [0.25, 0.3) is 0 Å². The lowest BCUT2D eigenvalue weighted by Gasteiger charge is -2.72. The molecule has 4 aliphatic heterocycles. The van der Waals surface area contributed by atoms with Crippen molar-refractivity contribution in [2.75, 3.05) is 26.4 Å². The fourth-order valence-electron chi connectivity index (χ4n) is 17.5. The number of hydrogen-bond donors (Lipinski definition) is 12. The van der Waals surface area contributed by atoms with Gasteiger partial charge in [-0.05, 0) is 85.4 Å². The molecule has 30 atom stereocenters. The summed E-state index contributed by atoms with van der Waals surface area (Å²) < 4.78 is 67.1. The Morgan fingerprint density at radius 2 is 1.28 bits per heavy atom. The molecule has 0 amide bonds. The molecular formula is C62H94O28. The van der Waals surface area contributed by atoms with Crippen molar-refractivity contribution < 1.29 is 137 Å². The van der Waals surface area contributed by atoms with E-state index in [-0.39, 0.29) is 18.8 Å². The average molecular weight is 1290 g/mol. The minimum absolute atomic E-state index is 0.0921. The minimum atomic E-state index is -2.29. The molecule has 8 fully saturated rings. The molecule has 28 nitrogen and oxygen atoms in total. The van der Waals surface area contributed by atoms with Crippen molar-refractivity contribution >= 4 is 30.2 Å². The maximum absolute atomic E-state index is 14.3. The number of esters is 3. The van der Waals surface area contributed by atoms with Gasteiger partial charge in [-0.1, -0.05) is 72.6 Å². The summed E-state index contributed by atoms with van der Waals surface area (Å²) in [5.74, 6) is -5.03. The molecule has 0 aromatic rings. The van der Waals surface area contributed by atoms with Gasteiger partial charge in [-0.25, -0.2) is 9.59 Å². The van der Waals surface area contributed by atoms with Crippen LogP contribution >= 0.6 is 0 Å². The summed E-state index contributed by atoms with van der Waals surface area (Å²) in [6, 6.07) is 0. The fraction of sp³-hybridized carbons (Fsp3) is 0.855. The van der Waals surface area contributed by atoms with Gasteiger partial charge >= 0.3 is 23.9 Å². The van der Waals surface area contributed by atoms with E-state index in [9.17, 15) is 85.3 Å². The van der Waals surface area contributed by atoms with Gasteiger partial charge in [0.2, 0.25) is 0 Å². The molecule has 4 heterocycles. The standard InChI is InChI=1S/C62H94O28/c1-10-11-12-13-38(70)86-50-51(83-28(3)67)62(26-65)30(20-57(50,4)5)29-14-15-35-58(6)18-17-36(59(7,25-64)34(58)16-19-60(35,8)61(29,9)21-37(62)82-27(2)66)85-56-49(90-54-44(76)42(74)41(73)33(22-63)84-54)46(45(77)47(88-56)52(78)79)87-55-48(40(72)32(69)24-81-55)89-53-43(75)39(71)31(68)23-80-53/h12-14,25,30-37,39-51,53-56,63,65,68-69,71-77H,10-11,15-24,26H2,1-9H3,(H,78,79). The van der Waals surface area contributed by atoms with Crippen LogP contribution in [0.1, 0.15) is 120 Å². The van der Waals surface area contributed by atoms with Crippen molar-refractivity contribution in [2.24, 2.45) is 50.2 Å². The maximum atomic E-state index is 14.3. The van der Waals surface area contributed by atoms with Crippen LogP contribution in [0.15, 0.2) is 23.8 Å². The molecule has 9 rings (SSSR count). The molecule has 90 heavy (non-hydrogen) atoms. The van der Waals surface area contributed by atoms with Gasteiger partial charge in [0.1, 0.15) is 97.8 Å². The first-order valence-corrected chi connectivity index (χ1v) is 31.4. The molecule has 0 radical (unpaired) electrons. The number of carboxylic acids is 1. The highest BCUT2D eigenvalue weighted by atomic mass is 16.8. The van der Waals surface area contributed by atoms with Crippen LogP contribution in [0.5, 0.6) is 0 Å². The largest absolute Gasteiger partial charge is 0.479 e. The Kier molecular flexibility index (Phi) is 21.0. The molecule has 12 N–H and O–H groups in total. The van der Waals surface area contributed by atoms with E-state index in [1.165, 1.54) is 19.9 Å². The molecule has 4 saturated carbocycles. The molecule has 9 aliphatic rings. The number of carboxylic acid groups (broad SMARTS) is 1. The molecule has 0 aromatic carbocycles. The second-order valence-electron chi connectivity index (χ2n) is 28.1. The Balaban J connectivity index is 1.06. The van der Waals surface area contributed by atoms with E-state index in [4.69, 9.17) is 52.1 Å². The van der Waals surface area contributed by atoms with Crippen LogP contribution in [0.4, 0.5) is 0 Å². The van der Waals surface area contributed by atoms with Crippen LogP contribution in [0.3, 0.4) is 0 Å². The zero-order valence-electron chi connectivity index (χ0n) is 52.3. The molecule has 28 heteroatoms. The van der Waals surface area contributed by atoms with Crippen LogP contribution < -0.4 is 0 Å². The third-order valence-corrected chi connectivity index (χ3v) is 22.4. The number of aliphatic carboxylic acids is 1. The van der Waals surface area contributed by atoms with Gasteiger partial charge in [0.25, 0.3) is 0 Å². The van der Waals surface area contributed by atoms with E-state index in [0.29, 0.717) is 38.5 Å². The molecular weight excluding hydrogens is 1190 g/mol. The first kappa shape index (κ1) is 70.6. The topological polar surface area (TPSA) is 430 Å². The second kappa shape index (κ2) is 26.8. The Hall–Kier alpha value is -3.73. The summed E-state index contributed by atoms with van der Waals surface area (Å²) in [4.78, 5) is 67.7. The van der Waals surface area contributed by atoms with Crippen molar-refractivity contribution in [3.63, 3.8) is 0 Å². The van der Waals surface area contributed by atoms with Crippen LogP contribution in [0, 0.1) is 50.2 Å². The first-order valence-electron chi connectivity index (χ1n) is 31.4. The zero-order chi connectivity index (χ0) is 66.1. The van der Waals surface area contributed by atoms with Gasteiger partial charge in [-0.15, -0.1) is 0 Å². The van der Waals surface area contributed by atoms with Gasteiger partial charge in [0.15, 0.2) is 37.4 Å². The SMILES string of the molecule is CCCC=CC(=O)OC1C(OC(C)=O)C2(CO)C(OC(C)=O)CC3(C)C(=CCC4C5(C)CCC(OC6OC(C(=O)O)C(O)C(OC7OCC(O)C(O)C7OC7OCC(O)C(O)C7O)C6OC6OC(CO)C(O)C(O)C6O)C(C)(C=O)C5CCC43C)C2CC1(C)C. The zero-order valence-corrected chi connectivity index (χ0v) is 52.3. The van der Waals surface area contributed by atoms with Gasteiger partial charge in [-0.3, -0.25) is 9.59 Å². The Morgan fingerprint density at radius 3 is 1.90 bits per heavy atom. The highest BCUT2D eigenvalue weighted by Crippen LogP contribution is 2.76. The number of hydrogen-bond acceptors (Lipinski definition) is 27. The van der Waals surface area contributed by atoms with E-state index < -0.39 is 230 Å². The number of aliphatic hydroxyl groups is 11. The number of unbranched alkanes of at least 4 members (excludes halogenated alkanes) is 1. The number of rotatable bonds is 18. The van der Waals surface area contributed by atoms with E-state index >= 15 is 0 Å². The molecule has 0 aromatic heterocycles. The highest BCUT2D eigenvalue weighted by Gasteiger charge is 2.75. The van der Waals surface area contributed by atoms with E-state index in [1.807, 2.05) is 20.8 Å². The molecule has 30 unspecified atom stereocenters. The molecule has 0 spiro atoms. The van der Waals surface area contributed by atoms with Gasteiger partial charge in [0.05, 0.1) is 43.4 Å². The fourth-order valence-corrected chi connectivity index (χ4v) is 17.5. The summed E-state index contributed by atoms with van der Waals surface area (Å²) in [6.07, 6.45) is -29.8. The normalized spacial score (nSPS) is 49.2. The van der Waals surface area contributed by atoms with Crippen molar-refractivity contribution in [3.05, 3.63) is 23.8 Å². The van der Waals surface area contributed by atoms with E-state index in [2.05, 4.69) is 26.8 Å². The Labute approximate surface area is 521 Å². The number of aldehydes is 1. The Bertz CT molecular complexity index is 2650. The predicted octanol–water partition coefficient (Wildman–Crippen LogP) is -1.05. The van der Waals surface area contributed by atoms with E-state index in [0.717, 1.165) is 18.3 Å². The summed E-state index contributed by atoms with van der Waals surface area (Å²) in [5.41, 5.74) is -4.95. The summed E-state index contributed by atoms with van der Waals surface area (Å²) in [7, 11) is 0. The number of carbonyl (C=O) groups is 5. The van der Waals surface area contributed by atoms with Gasteiger partial charge in [-0.2, -0.15) is 0 Å². The average Bonchev–Trinajstić information content (AvgIpc) is 0.669. The van der Waals surface area contributed by atoms with Crippen molar-refractivity contribution in [1.29, 1.82) is 0 Å². The molecule has 510 valence electrons. The maximum Gasteiger partial charge on any atom is 0.335 e. The van der Waals surface area contributed by atoms with Crippen LogP contribution in [-0.2, 0) is 76.1 Å². The van der Waals surface area contributed by atoms with Crippen LogP contribution in [0.2, 0.25) is 0 Å². The van der Waals surface area contributed by atoms with Gasteiger partial charge < -0.3 is 118 Å². The summed E-state index contributed by atoms with van der Waals surface area (Å²) >= 11 is 0. The molecule has 4 saturated heterocycles. The first-order chi connectivity index (χ1) is 42.2. The van der Waals surface area contributed by atoms with Crippen molar-refractivity contribution in [2.45, 2.75) is 255 Å². The lowest BCUT2D eigenvalue weighted by atomic mass is 9.33. The quantitative estimate of drug-likeness (QED) is 0.0194. The Morgan fingerprint density at radius 1 is 0.644 bits per heavy atom. The summed E-state index contributed by atoms with van der Waals surface area (Å²) in [6.45, 7) is 13.7.